The number of carbonyl (C=O) groups excluding carboxylic acids is 2. The average molecular weight is 492 g/mol. The maximum Gasteiger partial charge on any atom is 0.342 e. The molecule has 174 valence electrons. The van der Waals surface area contributed by atoms with Crippen LogP contribution in [-0.2, 0) is 16.1 Å². The van der Waals surface area contributed by atoms with Crippen molar-refractivity contribution in [2.45, 2.75) is 20.4 Å². The van der Waals surface area contributed by atoms with Gasteiger partial charge in [-0.2, -0.15) is 5.10 Å². The molecule has 3 rings (SSSR count). The molecule has 0 unspecified atom stereocenters. The van der Waals surface area contributed by atoms with Crippen LogP contribution in [0.2, 0.25) is 10.0 Å². The van der Waals surface area contributed by atoms with Crippen LogP contribution < -0.4 is 14.8 Å². The number of halogens is 2. The lowest BCUT2D eigenvalue weighted by Gasteiger charge is -2.13. The van der Waals surface area contributed by atoms with Gasteiger partial charge >= 0.3 is 5.97 Å². The van der Waals surface area contributed by atoms with E-state index in [0.717, 1.165) is 5.56 Å². The van der Waals surface area contributed by atoms with Crippen molar-refractivity contribution < 1.29 is 23.8 Å². The fourth-order valence-corrected chi connectivity index (χ4v) is 3.72. The van der Waals surface area contributed by atoms with E-state index in [1.165, 1.54) is 20.3 Å². The molecule has 0 spiro atoms. The Morgan fingerprint density at radius 3 is 2.39 bits per heavy atom. The molecule has 1 heterocycles. The third-order valence-corrected chi connectivity index (χ3v) is 5.61. The molecular weight excluding hydrogens is 469 g/mol. The highest BCUT2D eigenvalue weighted by Crippen LogP contribution is 2.35. The lowest BCUT2D eigenvalue weighted by molar-refractivity contribution is -0.119. The molecule has 33 heavy (non-hydrogen) atoms. The standard InChI is InChI=1S/C23H23Cl2N3O5/c1-13-22(14(2)28(27-13)11-15-7-5-6-8-16(15)24)23(30)33-12-21(29)26-18-9-17(25)19(31-3)10-20(18)32-4/h5-10H,11-12H2,1-4H3,(H,26,29). The van der Waals surface area contributed by atoms with E-state index in [1.807, 2.05) is 18.2 Å². The lowest BCUT2D eigenvalue weighted by atomic mass is 10.2. The molecular formula is C23H23Cl2N3O5. The molecule has 1 N–H and O–H groups in total. The fourth-order valence-electron chi connectivity index (χ4n) is 3.28. The summed E-state index contributed by atoms with van der Waals surface area (Å²) in [6.45, 7) is 3.37. The zero-order chi connectivity index (χ0) is 24.1. The van der Waals surface area contributed by atoms with Crippen molar-refractivity contribution in [3.63, 3.8) is 0 Å². The van der Waals surface area contributed by atoms with Crippen molar-refractivity contribution in [1.29, 1.82) is 0 Å². The molecule has 0 saturated heterocycles. The topological polar surface area (TPSA) is 91.7 Å². The molecule has 10 heteroatoms. The van der Waals surface area contributed by atoms with E-state index >= 15 is 0 Å². The van der Waals surface area contributed by atoms with Crippen molar-refractivity contribution in [3.05, 3.63) is 69.0 Å². The SMILES string of the molecule is COc1cc(OC)c(NC(=O)COC(=O)c2c(C)nn(Cc3ccccc3Cl)c2C)cc1Cl. The van der Waals surface area contributed by atoms with Gasteiger partial charge in [-0.15, -0.1) is 0 Å². The van der Waals surface area contributed by atoms with Crippen LogP contribution in [0.25, 0.3) is 0 Å². The Morgan fingerprint density at radius 2 is 1.73 bits per heavy atom. The fraction of sp³-hybridized carbons (Fsp3) is 0.261. The highest BCUT2D eigenvalue weighted by atomic mass is 35.5. The van der Waals surface area contributed by atoms with Gasteiger partial charge in [0.1, 0.15) is 17.1 Å². The summed E-state index contributed by atoms with van der Waals surface area (Å²) in [5, 5.41) is 7.95. The van der Waals surface area contributed by atoms with Gasteiger partial charge in [0.15, 0.2) is 6.61 Å². The molecule has 2 aromatic carbocycles. The molecule has 1 amide bonds. The van der Waals surface area contributed by atoms with Gasteiger partial charge in [0.25, 0.3) is 5.91 Å². The Labute approximate surface area is 201 Å². The van der Waals surface area contributed by atoms with E-state index in [1.54, 1.807) is 30.7 Å². The number of aromatic nitrogens is 2. The third-order valence-electron chi connectivity index (χ3n) is 4.95. The minimum atomic E-state index is -0.648. The van der Waals surface area contributed by atoms with Crippen LogP contribution in [0.15, 0.2) is 36.4 Å². The number of ether oxygens (including phenoxy) is 3. The van der Waals surface area contributed by atoms with E-state index in [2.05, 4.69) is 10.4 Å². The molecule has 3 aromatic rings. The number of nitrogens with one attached hydrogen (secondary N) is 1. The number of anilines is 1. The summed E-state index contributed by atoms with van der Waals surface area (Å²) in [7, 11) is 2.92. The van der Waals surface area contributed by atoms with Crippen LogP contribution in [0.1, 0.15) is 27.3 Å². The van der Waals surface area contributed by atoms with Gasteiger partial charge in [-0.25, -0.2) is 4.79 Å². The number of benzene rings is 2. The molecule has 0 aliphatic heterocycles. The van der Waals surface area contributed by atoms with Gasteiger partial charge < -0.3 is 19.5 Å². The Kier molecular flexibility index (Phi) is 7.84. The molecule has 0 radical (unpaired) electrons. The minimum absolute atomic E-state index is 0.294. The summed E-state index contributed by atoms with van der Waals surface area (Å²) in [6, 6.07) is 10.4. The highest BCUT2D eigenvalue weighted by Gasteiger charge is 2.22. The first-order valence-corrected chi connectivity index (χ1v) is 10.7. The number of hydrogen-bond donors (Lipinski definition) is 1. The largest absolute Gasteiger partial charge is 0.495 e. The van der Waals surface area contributed by atoms with E-state index in [9.17, 15) is 9.59 Å². The summed E-state index contributed by atoms with van der Waals surface area (Å²) >= 11 is 12.4. The molecule has 0 fully saturated rings. The van der Waals surface area contributed by atoms with E-state index in [-0.39, 0.29) is 0 Å². The number of nitrogens with zero attached hydrogens (tertiary/aromatic N) is 2. The first-order chi connectivity index (χ1) is 15.7. The average Bonchev–Trinajstić information content (AvgIpc) is 3.06. The Balaban J connectivity index is 1.68. The summed E-state index contributed by atoms with van der Waals surface area (Å²) in [6.07, 6.45) is 0. The summed E-state index contributed by atoms with van der Waals surface area (Å²) in [4.78, 5) is 25.1. The first-order valence-electron chi connectivity index (χ1n) is 9.91. The normalized spacial score (nSPS) is 10.6. The first kappa shape index (κ1) is 24.4. The van der Waals surface area contributed by atoms with E-state index < -0.39 is 18.5 Å². The second-order valence-electron chi connectivity index (χ2n) is 7.11. The summed E-state index contributed by atoms with van der Waals surface area (Å²) in [5.41, 5.74) is 2.61. The maximum atomic E-state index is 12.7. The van der Waals surface area contributed by atoms with Gasteiger partial charge in [-0.05, 0) is 31.5 Å². The predicted molar refractivity (Wildman–Crippen MR) is 126 cm³/mol. The van der Waals surface area contributed by atoms with Crippen molar-refractivity contribution in [2.75, 3.05) is 26.1 Å². The van der Waals surface area contributed by atoms with E-state index in [4.69, 9.17) is 37.4 Å². The molecule has 0 saturated carbocycles. The molecule has 8 nitrogen and oxygen atoms in total. The van der Waals surface area contributed by atoms with Gasteiger partial charge in [0, 0.05) is 11.1 Å². The molecule has 0 bridgehead atoms. The number of aryl methyl sites for hydroxylation is 1. The number of rotatable bonds is 8. The van der Waals surface area contributed by atoms with Crippen molar-refractivity contribution in [2.24, 2.45) is 0 Å². The molecule has 0 aliphatic rings. The Bertz CT molecular complexity index is 1190. The van der Waals surface area contributed by atoms with Gasteiger partial charge in [-0.1, -0.05) is 41.4 Å². The molecule has 0 aliphatic carbocycles. The quantitative estimate of drug-likeness (QED) is 0.460. The van der Waals surface area contributed by atoms with Crippen LogP contribution in [-0.4, -0.2) is 42.5 Å². The Hall–Kier alpha value is -3.23. The van der Waals surface area contributed by atoms with Crippen molar-refractivity contribution in [3.8, 4) is 11.5 Å². The van der Waals surface area contributed by atoms with Crippen LogP contribution in [0.3, 0.4) is 0 Å². The predicted octanol–water partition coefficient (Wildman–Crippen LogP) is 4.67. The second-order valence-corrected chi connectivity index (χ2v) is 7.92. The van der Waals surface area contributed by atoms with Crippen molar-refractivity contribution in [1.82, 2.24) is 9.78 Å². The second kappa shape index (κ2) is 10.6. The van der Waals surface area contributed by atoms with E-state index in [0.29, 0.717) is 50.7 Å². The Morgan fingerprint density at radius 1 is 1.03 bits per heavy atom. The minimum Gasteiger partial charge on any atom is -0.495 e. The maximum absolute atomic E-state index is 12.7. The molecule has 0 atom stereocenters. The zero-order valence-electron chi connectivity index (χ0n) is 18.6. The smallest absolute Gasteiger partial charge is 0.342 e. The van der Waals surface area contributed by atoms with Crippen LogP contribution in [0.4, 0.5) is 5.69 Å². The number of methoxy groups -OCH3 is 2. The number of carbonyl (C=O) groups is 2. The zero-order valence-corrected chi connectivity index (χ0v) is 20.1. The third kappa shape index (κ3) is 5.58. The summed E-state index contributed by atoms with van der Waals surface area (Å²) < 4.78 is 17.3. The lowest BCUT2D eigenvalue weighted by Crippen LogP contribution is -2.21. The van der Waals surface area contributed by atoms with Crippen molar-refractivity contribution >= 4 is 40.8 Å². The number of amides is 1. The number of esters is 1. The highest BCUT2D eigenvalue weighted by molar-refractivity contribution is 6.32. The van der Waals surface area contributed by atoms with Gasteiger partial charge in [-0.3, -0.25) is 9.48 Å². The van der Waals surface area contributed by atoms with Crippen LogP contribution >= 0.6 is 23.2 Å². The van der Waals surface area contributed by atoms with Crippen LogP contribution in [0, 0.1) is 13.8 Å². The summed E-state index contributed by atoms with van der Waals surface area (Å²) in [5.74, 6) is -0.451. The molecule has 1 aromatic heterocycles. The van der Waals surface area contributed by atoms with Gasteiger partial charge in [0.05, 0.1) is 42.9 Å². The van der Waals surface area contributed by atoms with Crippen LogP contribution in [0.5, 0.6) is 11.5 Å². The monoisotopic (exact) mass is 491 g/mol. The number of hydrogen-bond acceptors (Lipinski definition) is 6. The van der Waals surface area contributed by atoms with Gasteiger partial charge in [0.2, 0.25) is 0 Å².